The minimum absolute atomic E-state index is 0.713. The van der Waals surface area contributed by atoms with Gasteiger partial charge in [-0.25, -0.2) is 0 Å². The highest BCUT2D eigenvalue weighted by Gasteiger charge is 2.42. The van der Waals surface area contributed by atoms with Crippen molar-refractivity contribution in [1.29, 1.82) is 0 Å². The fourth-order valence-corrected chi connectivity index (χ4v) is 1.10. The Labute approximate surface area is 37.3 Å². The molecule has 2 rings (SSSR count). The van der Waals surface area contributed by atoms with Gasteiger partial charge in [0.25, 0.3) is 0 Å². The first kappa shape index (κ1) is 3.03. The number of hydrogen-bond acceptors (Lipinski definition) is 1. The molecule has 0 radical (unpaired) electrons. The molecule has 1 aliphatic heterocycles. The molecule has 1 heterocycles. The quantitative estimate of drug-likeness (QED) is 0.421. The van der Waals surface area contributed by atoms with Crippen LogP contribution in [0.1, 0.15) is 12.8 Å². The van der Waals surface area contributed by atoms with Crippen LogP contribution in [0.25, 0.3) is 0 Å². The number of rotatable bonds is 0. The van der Waals surface area contributed by atoms with Crippen LogP contribution in [0.2, 0.25) is 0 Å². The summed E-state index contributed by atoms with van der Waals surface area (Å²) in [6.45, 7) is 1.04. The lowest BCUT2D eigenvalue weighted by molar-refractivity contribution is 0.156. The molecule has 34 valence electrons. The van der Waals surface area contributed by atoms with Gasteiger partial charge < -0.3 is 4.74 Å². The van der Waals surface area contributed by atoms with Gasteiger partial charge in [0.05, 0.1) is 6.10 Å². The van der Waals surface area contributed by atoms with Crippen LogP contribution in [0, 0.1) is 5.92 Å². The molecule has 1 nitrogen and oxygen atoms in total. The summed E-state index contributed by atoms with van der Waals surface area (Å²) >= 11 is 0. The van der Waals surface area contributed by atoms with E-state index in [-0.39, 0.29) is 0 Å². The van der Waals surface area contributed by atoms with Gasteiger partial charge >= 0.3 is 0 Å². The average Bonchev–Trinajstić information content (AvgIpc) is 2.17. The Bertz CT molecular complexity index is 62.3. The zero-order chi connectivity index (χ0) is 3.98. The molecular weight excluding hydrogens is 76.1 g/mol. The van der Waals surface area contributed by atoms with E-state index in [0.717, 1.165) is 12.5 Å². The van der Waals surface area contributed by atoms with Crippen LogP contribution in [0.3, 0.4) is 0 Å². The molecule has 0 spiro atoms. The second-order valence-electron chi connectivity index (χ2n) is 2.19. The van der Waals surface area contributed by atoms with Crippen LogP contribution in [0.15, 0.2) is 0 Å². The summed E-state index contributed by atoms with van der Waals surface area (Å²) in [5, 5.41) is 0. The minimum atomic E-state index is 0.713. The van der Waals surface area contributed by atoms with Crippen molar-refractivity contribution < 1.29 is 4.74 Å². The van der Waals surface area contributed by atoms with Gasteiger partial charge in [-0.2, -0.15) is 0 Å². The summed E-state index contributed by atoms with van der Waals surface area (Å²) in [6, 6.07) is 0. The molecule has 2 atom stereocenters. The van der Waals surface area contributed by atoms with Gasteiger partial charge in [-0.05, 0) is 18.8 Å². The lowest BCUT2D eigenvalue weighted by Gasteiger charge is -1.86. The lowest BCUT2D eigenvalue weighted by atomic mass is 10.3. The SMILES string of the molecule is C1CC2C[C@@H]2O1. The highest BCUT2D eigenvalue weighted by Crippen LogP contribution is 2.41. The van der Waals surface area contributed by atoms with Crippen LogP contribution in [-0.2, 0) is 4.74 Å². The van der Waals surface area contributed by atoms with Crippen LogP contribution in [0.5, 0.6) is 0 Å². The van der Waals surface area contributed by atoms with E-state index >= 15 is 0 Å². The van der Waals surface area contributed by atoms with E-state index in [1.54, 1.807) is 0 Å². The van der Waals surface area contributed by atoms with Crippen LogP contribution < -0.4 is 0 Å². The third-order valence-electron chi connectivity index (χ3n) is 1.68. The van der Waals surface area contributed by atoms with Crippen molar-refractivity contribution in [3.8, 4) is 0 Å². The molecule has 1 unspecified atom stereocenters. The predicted octanol–water partition coefficient (Wildman–Crippen LogP) is 0.795. The molecule has 0 bridgehead atoms. The third-order valence-corrected chi connectivity index (χ3v) is 1.68. The Balaban J connectivity index is 2.09. The van der Waals surface area contributed by atoms with E-state index in [4.69, 9.17) is 4.74 Å². The van der Waals surface area contributed by atoms with Gasteiger partial charge in [0.15, 0.2) is 0 Å². The highest BCUT2D eigenvalue weighted by atomic mass is 16.5. The molecule has 1 heteroatoms. The van der Waals surface area contributed by atoms with Gasteiger partial charge in [0, 0.05) is 6.61 Å². The summed E-state index contributed by atoms with van der Waals surface area (Å²) in [4.78, 5) is 0. The minimum Gasteiger partial charge on any atom is -0.378 e. The third kappa shape index (κ3) is 0.243. The average molecular weight is 84.1 g/mol. The maximum atomic E-state index is 5.23. The normalized spacial score (nSPS) is 52.0. The van der Waals surface area contributed by atoms with E-state index in [9.17, 15) is 0 Å². The number of fused-ring (bicyclic) bond motifs is 1. The van der Waals surface area contributed by atoms with Crippen molar-refractivity contribution in [2.45, 2.75) is 18.9 Å². The van der Waals surface area contributed by atoms with Gasteiger partial charge in [0.2, 0.25) is 0 Å². The molecular formula is C5H8O. The molecule has 2 aliphatic rings. The molecule has 1 saturated carbocycles. The Kier molecular flexibility index (Phi) is 0.396. The van der Waals surface area contributed by atoms with Crippen LogP contribution in [0.4, 0.5) is 0 Å². The standard InChI is InChI=1S/C5H8O/c1-2-6-5-3-4(1)5/h4-5H,1-3H2/t4?,5-/m0/s1. The molecule has 0 aromatic rings. The monoisotopic (exact) mass is 84.1 g/mol. The van der Waals surface area contributed by atoms with Crippen molar-refractivity contribution in [3.63, 3.8) is 0 Å². The fraction of sp³-hybridized carbons (Fsp3) is 1.00. The van der Waals surface area contributed by atoms with E-state index in [1.165, 1.54) is 12.8 Å². The zero-order valence-corrected chi connectivity index (χ0v) is 3.68. The smallest absolute Gasteiger partial charge is 0.0608 e. The van der Waals surface area contributed by atoms with Gasteiger partial charge in [-0.3, -0.25) is 0 Å². The molecule has 2 fully saturated rings. The van der Waals surface area contributed by atoms with Gasteiger partial charge in [0.1, 0.15) is 0 Å². The van der Waals surface area contributed by atoms with Crippen molar-refractivity contribution in [2.75, 3.05) is 6.61 Å². The van der Waals surface area contributed by atoms with Crippen molar-refractivity contribution in [2.24, 2.45) is 5.92 Å². The zero-order valence-electron chi connectivity index (χ0n) is 3.68. The second kappa shape index (κ2) is 0.784. The van der Waals surface area contributed by atoms with E-state index < -0.39 is 0 Å². The van der Waals surface area contributed by atoms with Crippen molar-refractivity contribution in [3.05, 3.63) is 0 Å². The molecule has 1 aliphatic carbocycles. The Morgan fingerprint density at radius 2 is 2.50 bits per heavy atom. The van der Waals surface area contributed by atoms with Crippen LogP contribution >= 0.6 is 0 Å². The van der Waals surface area contributed by atoms with E-state index in [1.807, 2.05) is 0 Å². The first-order valence-electron chi connectivity index (χ1n) is 2.58. The first-order chi connectivity index (χ1) is 2.97. The predicted molar refractivity (Wildman–Crippen MR) is 22.5 cm³/mol. The summed E-state index contributed by atoms with van der Waals surface area (Å²) in [6.07, 6.45) is 3.41. The number of hydrogen-bond donors (Lipinski definition) is 0. The lowest BCUT2D eigenvalue weighted by Crippen LogP contribution is -1.84. The summed E-state index contributed by atoms with van der Waals surface area (Å²) < 4.78 is 5.23. The van der Waals surface area contributed by atoms with Crippen molar-refractivity contribution in [1.82, 2.24) is 0 Å². The molecule has 0 aromatic heterocycles. The first-order valence-corrected chi connectivity index (χ1v) is 2.58. The van der Waals surface area contributed by atoms with Gasteiger partial charge in [-0.1, -0.05) is 0 Å². The highest BCUT2D eigenvalue weighted by molar-refractivity contribution is 4.91. The topological polar surface area (TPSA) is 9.23 Å². The Morgan fingerprint density at radius 3 is 2.67 bits per heavy atom. The maximum absolute atomic E-state index is 5.23. The summed E-state index contributed by atoms with van der Waals surface area (Å²) in [7, 11) is 0. The van der Waals surface area contributed by atoms with E-state index in [0.29, 0.717) is 6.10 Å². The van der Waals surface area contributed by atoms with Crippen LogP contribution in [-0.4, -0.2) is 12.7 Å². The van der Waals surface area contributed by atoms with Crippen molar-refractivity contribution >= 4 is 0 Å². The molecule has 6 heavy (non-hydrogen) atoms. The molecule has 0 amide bonds. The fourth-order valence-electron chi connectivity index (χ4n) is 1.10. The Hall–Kier alpha value is -0.0400. The van der Waals surface area contributed by atoms with E-state index in [2.05, 4.69) is 0 Å². The van der Waals surface area contributed by atoms with Gasteiger partial charge in [-0.15, -0.1) is 0 Å². The second-order valence-corrected chi connectivity index (χ2v) is 2.19. The maximum Gasteiger partial charge on any atom is 0.0608 e. The molecule has 1 saturated heterocycles. The molecule has 0 aromatic carbocycles. The Morgan fingerprint density at radius 1 is 1.50 bits per heavy atom. The largest absolute Gasteiger partial charge is 0.378 e. The summed E-state index contributed by atoms with van der Waals surface area (Å²) in [5.41, 5.74) is 0. The number of ether oxygens (including phenoxy) is 1. The summed E-state index contributed by atoms with van der Waals surface area (Å²) in [5.74, 6) is 0.991. The molecule has 0 N–H and O–H groups in total.